The van der Waals surface area contributed by atoms with E-state index in [1.54, 1.807) is 12.1 Å². The molecule has 0 saturated heterocycles. The fraction of sp³-hybridized carbons (Fsp3) is 0.367. The van der Waals surface area contributed by atoms with Crippen LogP contribution in [-0.2, 0) is 16.6 Å². The number of ether oxygens (including phenoxy) is 1. The fourth-order valence-electron chi connectivity index (χ4n) is 6.31. The van der Waals surface area contributed by atoms with Gasteiger partial charge in [-0.2, -0.15) is 0 Å². The third kappa shape index (κ3) is 4.77. The highest BCUT2D eigenvalue weighted by molar-refractivity contribution is 6.30. The van der Waals surface area contributed by atoms with Gasteiger partial charge in [-0.1, -0.05) is 60.1 Å². The first kappa shape index (κ1) is 23.7. The van der Waals surface area contributed by atoms with Crippen LogP contribution >= 0.6 is 11.6 Å². The van der Waals surface area contributed by atoms with Crippen LogP contribution in [0.25, 0.3) is 0 Å². The summed E-state index contributed by atoms with van der Waals surface area (Å²) in [5.74, 6) is 0.622. The van der Waals surface area contributed by atoms with E-state index in [2.05, 4.69) is 29.6 Å². The van der Waals surface area contributed by atoms with Crippen molar-refractivity contribution in [3.63, 3.8) is 0 Å². The lowest BCUT2D eigenvalue weighted by atomic mass is 9.60. The number of hydrogen-bond donors (Lipinski definition) is 2. The van der Waals surface area contributed by atoms with Gasteiger partial charge < -0.3 is 15.2 Å². The third-order valence-electron chi connectivity index (χ3n) is 8.12. The molecule has 1 atom stereocenters. The molecule has 3 aromatic rings. The molecule has 1 fully saturated rings. The van der Waals surface area contributed by atoms with E-state index in [-0.39, 0.29) is 5.41 Å². The van der Waals surface area contributed by atoms with Crippen molar-refractivity contribution in [2.45, 2.75) is 55.9 Å². The quantitative estimate of drug-likeness (QED) is 0.331. The molecule has 0 heterocycles. The number of nitrogens with one attached hydrogen (secondary N) is 1. The highest BCUT2D eigenvalue weighted by Gasteiger charge is 2.53. The molecule has 2 aliphatic carbocycles. The van der Waals surface area contributed by atoms with E-state index in [0.29, 0.717) is 30.4 Å². The Hall–Kier alpha value is -2.98. The Balaban J connectivity index is 1.32. The number of aliphatic carboxylic acids is 1. The van der Waals surface area contributed by atoms with E-state index >= 15 is 0 Å². The fourth-order valence-corrected chi connectivity index (χ4v) is 6.51. The first-order chi connectivity index (χ1) is 17.0. The van der Waals surface area contributed by atoms with E-state index in [9.17, 15) is 9.90 Å². The number of carboxylic acids is 1. The minimum absolute atomic E-state index is 0.0261. The molecular formula is C30H32ClNO3. The zero-order chi connectivity index (χ0) is 24.3. The number of benzene rings is 3. The largest absolute Gasteiger partial charge is 0.494 e. The molecule has 3 aromatic carbocycles. The molecule has 1 spiro atoms. The summed E-state index contributed by atoms with van der Waals surface area (Å²) < 4.78 is 5.96. The van der Waals surface area contributed by atoms with Gasteiger partial charge in [0.2, 0.25) is 0 Å². The van der Waals surface area contributed by atoms with Crippen LogP contribution in [0.1, 0.15) is 49.7 Å². The molecule has 0 radical (unpaired) electrons. The van der Waals surface area contributed by atoms with Crippen molar-refractivity contribution in [1.29, 1.82) is 0 Å². The molecule has 35 heavy (non-hydrogen) atoms. The van der Waals surface area contributed by atoms with Crippen LogP contribution in [0.2, 0.25) is 5.02 Å². The van der Waals surface area contributed by atoms with Crippen molar-refractivity contribution in [2.24, 2.45) is 5.92 Å². The Morgan fingerprint density at radius 2 is 1.71 bits per heavy atom. The molecule has 182 valence electrons. The number of anilines is 1. The minimum atomic E-state index is -0.978. The second-order valence-corrected chi connectivity index (χ2v) is 10.5. The van der Waals surface area contributed by atoms with Gasteiger partial charge in [0.1, 0.15) is 11.3 Å². The number of para-hydroxylation sites is 1. The summed E-state index contributed by atoms with van der Waals surface area (Å²) in [6.45, 7) is 0.697. The minimum Gasteiger partial charge on any atom is -0.494 e. The predicted molar refractivity (Wildman–Crippen MR) is 140 cm³/mol. The van der Waals surface area contributed by atoms with Crippen molar-refractivity contribution in [2.75, 3.05) is 11.9 Å². The zero-order valence-electron chi connectivity index (χ0n) is 19.9. The second kappa shape index (κ2) is 9.94. The molecule has 1 unspecified atom stereocenters. The van der Waals surface area contributed by atoms with Gasteiger partial charge in [-0.05, 0) is 97.7 Å². The highest BCUT2D eigenvalue weighted by Crippen LogP contribution is 2.55. The van der Waals surface area contributed by atoms with Gasteiger partial charge in [0.15, 0.2) is 0 Å². The monoisotopic (exact) mass is 489 g/mol. The Morgan fingerprint density at radius 1 is 0.971 bits per heavy atom. The van der Waals surface area contributed by atoms with E-state index in [4.69, 9.17) is 16.3 Å². The zero-order valence-corrected chi connectivity index (χ0v) is 20.6. The SMILES string of the molecule is O=C(O)C1(Nc2cccc(Cl)c2)CCC2(CC1)c1ccccc1CC2CCCOc1ccccc1. The van der Waals surface area contributed by atoms with Crippen molar-refractivity contribution in [3.05, 3.63) is 95.0 Å². The van der Waals surface area contributed by atoms with E-state index in [1.165, 1.54) is 11.1 Å². The number of halogens is 1. The van der Waals surface area contributed by atoms with E-state index < -0.39 is 11.5 Å². The van der Waals surface area contributed by atoms with Crippen LogP contribution in [0.5, 0.6) is 5.75 Å². The van der Waals surface area contributed by atoms with Gasteiger partial charge in [0.05, 0.1) is 6.61 Å². The first-order valence-electron chi connectivity index (χ1n) is 12.5. The van der Waals surface area contributed by atoms with Crippen LogP contribution in [-0.4, -0.2) is 23.2 Å². The maximum Gasteiger partial charge on any atom is 0.329 e. The third-order valence-corrected chi connectivity index (χ3v) is 8.36. The topological polar surface area (TPSA) is 58.6 Å². The predicted octanol–water partition coefficient (Wildman–Crippen LogP) is 7.12. The maximum atomic E-state index is 12.5. The van der Waals surface area contributed by atoms with Crippen molar-refractivity contribution < 1.29 is 14.6 Å². The summed E-state index contributed by atoms with van der Waals surface area (Å²) in [7, 11) is 0. The van der Waals surface area contributed by atoms with E-state index in [1.807, 2.05) is 42.5 Å². The molecule has 0 aliphatic heterocycles. The Bertz CT molecular complexity index is 1170. The molecule has 2 N–H and O–H groups in total. The normalized spacial score (nSPS) is 25.2. The molecule has 0 bridgehead atoms. The highest BCUT2D eigenvalue weighted by atomic mass is 35.5. The summed E-state index contributed by atoms with van der Waals surface area (Å²) in [6.07, 6.45) is 6.00. The summed E-state index contributed by atoms with van der Waals surface area (Å²) in [5.41, 5.74) is 2.66. The van der Waals surface area contributed by atoms with Crippen molar-refractivity contribution in [3.8, 4) is 5.75 Å². The number of hydrogen-bond acceptors (Lipinski definition) is 3. The lowest BCUT2D eigenvalue weighted by molar-refractivity contribution is -0.144. The summed E-state index contributed by atoms with van der Waals surface area (Å²) in [6, 6.07) is 26.1. The lowest BCUT2D eigenvalue weighted by Crippen LogP contribution is -2.53. The van der Waals surface area contributed by atoms with Crippen molar-refractivity contribution in [1.82, 2.24) is 0 Å². The smallest absolute Gasteiger partial charge is 0.329 e. The van der Waals surface area contributed by atoms with Crippen LogP contribution in [0, 0.1) is 5.92 Å². The molecule has 4 nitrogen and oxygen atoms in total. The summed E-state index contributed by atoms with van der Waals surface area (Å²) in [4.78, 5) is 12.5. The molecular weight excluding hydrogens is 458 g/mol. The average molecular weight is 490 g/mol. The number of fused-ring (bicyclic) bond motifs is 2. The van der Waals surface area contributed by atoms with Crippen LogP contribution in [0.15, 0.2) is 78.9 Å². The molecule has 5 heteroatoms. The maximum absolute atomic E-state index is 12.5. The number of carboxylic acid groups (broad SMARTS) is 1. The van der Waals surface area contributed by atoms with E-state index in [0.717, 1.165) is 43.5 Å². The van der Waals surface area contributed by atoms with Gasteiger partial charge in [0.25, 0.3) is 0 Å². The number of rotatable bonds is 8. The second-order valence-electron chi connectivity index (χ2n) is 10.0. The first-order valence-corrected chi connectivity index (χ1v) is 12.9. The van der Waals surface area contributed by atoms with Gasteiger partial charge in [-0.3, -0.25) is 0 Å². The number of carbonyl (C=O) groups is 1. The average Bonchev–Trinajstić information content (AvgIpc) is 3.17. The Morgan fingerprint density at radius 3 is 2.46 bits per heavy atom. The molecule has 2 aliphatic rings. The van der Waals surface area contributed by atoms with Gasteiger partial charge >= 0.3 is 5.97 Å². The molecule has 0 aromatic heterocycles. The standard InChI is InChI=1S/C30H32ClNO3/c31-24-10-6-11-25(21-24)32-30(28(33)34)17-15-29(16-18-30)23(20-22-8-4-5-14-27(22)29)9-7-19-35-26-12-2-1-3-13-26/h1-6,8,10-14,21,23,32H,7,9,15-20H2,(H,33,34). The van der Waals surface area contributed by atoms with Crippen LogP contribution in [0.4, 0.5) is 5.69 Å². The molecule has 1 saturated carbocycles. The van der Waals surface area contributed by atoms with Crippen LogP contribution < -0.4 is 10.1 Å². The Labute approximate surface area is 212 Å². The van der Waals surface area contributed by atoms with Crippen molar-refractivity contribution >= 4 is 23.3 Å². The van der Waals surface area contributed by atoms with Gasteiger partial charge in [-0.15, -0.1) is 0 Å². The summed E-state index contributed by atoms with van der Waals surface area (Å²) in [5, 5.41) is 14.2. The molecule has 5 rings (SSSR count). The lowest BCUT2D eigenvalue weighted by Gasteiger charge is -2.47. The Kier molecular flexibility index (Phi) is 6.75. The van der Waals surface area contributed by atoms with Crippen LogP contribution in [0.3, 0.4) is 0 Å². The summed E-state index contributed by atoms with van der Waals surface area (Å²) >= 11 is 6.16. The van der Waals surface area contributed by atoms with Gasteiger partial charge in [0, 0.05) is 10.7 Å². The molecule has 0 amide bonds. The van der Waals surface area contributed by atoms with Gasteiger partial charge in [-0.25, -0.2) is 4.79 Å².